The Balaban J connectivity index is 1.71. The van der Waals surface area contributed by atoms with Gasteiger partial charge in [-0.15, -0.1) is 0 Å². The lowest BCUT2D eigenvalue weighted by Crippen LogP contribution is -2.03. The lowest BCUT2D eigenvalue weighted by molar-refractivity contribution is 0.0695. The Morgan fingerprint density at radius 3 is 1.96 bits per heavy atom. The number of carboxylic acid groups (broad SMARTS) is 1. The molecule has 0 amide bonds. The van der Waals surface area contributed by atoms with Gasteiger partial charge in [-0.05, 0) is 53.3 Å². The lowest BCUT2D eigenvalue weighted by Gasteiger charge is -2.07. The van der Waals surface area contributed by atoms with Crippen LogP contribution >= 0.6 is 0 Å². The maximum Gasteiger partial charge on any atom is 0.335 e. The molecule has 0 aliphatic carbocycles. The smallest absolute Gasteiger partial charge is 0.335 e. The monoisotopic (exact) mass is 318 g/mol. The van der Waals surface area contributed by atoms with E-state index >= 15 is 0 Å². The maximum atomic E-state index is 11.2. The molecular weight excluding hydrogens is 300 g/mol. The number of phenolic OH excluding ortho intramolecular Hbond substituents is 1. The van der Waals surface area contributed by atoms with E-state index in [1.165, 1.54) is 0 Å². The molecule has 3 rings (SSSR count). The van der Waals surface area contributed by atoms with Gasteiger partial charge in [-0.3, -0.25) is 0 Å². The zero-order valence-corrected chi connectivity index (χ0v) is 13.1. The Morgan fingerprint density at radius 1 is 0.750 bits per heavy atom. The van der Waals surface area contributed by atoms with Crippen molar-refractivity contribution in [2.24, 2.45) is 0 Å². The van der Waals surface area contributed by atoms with Crippen molar-refractivity contribution in [2.45, 2.75) is 12.8 Å². The summed E-state index contributed by atoms with van der Waals surface area (Å²) >= 11 is 0. The van der Waals surface area contributed by atoms with Gasteiger partial charge in [0.15, 0.2) is 0 Å². The van der Waals surface area contributed by atoms with Gasteiger partial charge in [-0.25, -0.2) is 4.79 Å². The molecule has 0 saturated heterocycles. The fourth-order valence-corrected chi connectivity index (χ4v) is 2.74. The van der Waals surface area contributed by atoms with Gasteiger partial charge in [-0.2, -0.15) is 0 Å². The van der Waals surface area contributed by atoms with Gasteiger partial charge in [0, 0.05) is 0 Å². The highest BCUT2D eigenvalue weighted by molar-refractivity contribution is 5.89. The quantitative estimate of drug-likeness (QED) is 0.726. The van der Waals surface area contributed by atoms with E-state index in [-0.39, 0.29) is 5.75 Å². The van der Waals surface area contributed by atoms with Crippen molar-refractivity contribution in [3.05, 3.63) is 89.5 Å². The van der Waals surface area contributed by atoms with E-state index in [0.717, 1.165) is 28.7 Å². The number of aromatic hydroxyl groups is 1. The Hall–Kier alpha value is -3.07. The average Bonchev–Trinajstić information content (AvgIpc) is 2.61. The van der Waals surface area contributed by atoms with Crippen molar-refractivity contribution in [3.8, 4) is 16.9 Å². The minimum absolute atomic E-state index is 0.257. The number of carbonyl (C=O) groups is 1. The van der Waals surface area contributed by atoms with Crippen molar-refractivity contribution in [1.82, 2.24) is 0 Å². The molecule has 3 nitrogen and oxygen atoms in total. The van der Waals surface area contributed by atoms with E-state index in [0.29, 0.717) is 12.0 Å². The third-order valence-electron chi connectivity index (χ3n) is 4.09. The van der Waals surface area contributed by atoms with E-state index in [9.17, 15) is 15.0 Å². The van der Waals surface area contributed by atoms with Crippen LogP contribution < -0.4 is 0 Å². The molecular formula is C21H18O3. The fraction of sp³-hybridized carbons (Fsp3) is 0.0952. The number of aryl methyl sites for hydroxylation is 2. The number of hydrogen-bond acceptors (Lipinski definition) is 2. The molecule has 0 aliphatic rings. The summed E-state index contributed by atoms with van der Waals surface area (Å²) in [5.74, 6) is -0.624. The van der Waals surface area contributed by atoms with Crippen LogP contribution in [-0.4, -0.2) is 16.2 Å². The molecule has 0 radical (unpaired) electrons. The van der Waals surface area contributed by atoms with E-state index in [4.69, 9.17) is 0 Å². The van der Waals surface area contributed by atoms with Crippen LogP contribution in [0.1, 0.15) is 21.5 Å². The number of aromatic carboxylic acids is 1. The highest BCUT2D eigenvalue weighted by Crippen LogP contribution is 2.22. The van der Waals surface area contributed by atoms with Crippen molar-refractivity contribution in [3.63, 3.8) is 0 Å². The van der Waals surface area contributed by atoms with Crippen LogP contribution in [-0.2, 0) is 12.8 Å². The number of rotatable bonds is 5. The third kappa shape index (κ3) is 3.63. The highest BCUT2D eigenvalue weighted by Gasteiger charge is 2.08. The predicted octanol–water partition coefficient (Wildman–Crippen LogP) is 4.54. The summed E-state index contributed by atoms with van der Waals surface area (Å²) in [4.78, 5) is 11.2. The second-order valence-corrected chi connectivity index (χ2v) is 5.71. The Kier molecular flexibility index (Phi) is 4.62. The summed E-state index contributed by atoms with van der Waals surface area (Å²) in [5.41, 5.74) is 4.53. The summed E-state index contributed by atoms with van der Waals surface area (Å²) in [6.07, 6.45) is 1.49. The molecule has 0 saturated carbocycles. The van der Waals surface area contributed by atoms with E-state index in [1.807, 2.05) is 36.4 Å². The number of benzene rings is 3. The van der Waals surface area contributed by atoms with Crippen LogP contribution in [0.3, 0.4) is 0 Å². The van der Waals surface area contributed by atoms with Crippen LogP contribution in [0.5, 0.6) is 5.75 Å². The lowest BCUT2D eigenvalue weighted by atomic mass is 9.98. The van der Waals surface area contributed by atoms with Crippen molar-refractivity contribution in [1.29, 1.82) is 0 Å². The van der Waals surface area contributed by atoms with Crippen LogP contribution in [0, 0.1) is 0 Å². The number of phenols is 1. The standard InChI is InChI=1S/C21H18O3/c22-19-13-11-17(12-14-19)16-8-5-15(6-9-16)7-10-18-3-1-2-4-20(18)21(23)24/h1-6,8-9,11-14,22H,7,10H2,(H,23,24). The fourth-order valence-electron chi connectivity index (χ4n) is 2.74. The van der Waals surface area contributed by atoms with Crippen molar-refractivity contribution in [2.75, 3.05) is 0 Å². The topological polar surface area (TPSA) is 57.5 Å². The first-order chi connectivity index (χ1) is 11.6. The highest BCUT2D eigenvalue weighted by atomic mass is 16.4. The molecule has 2 N–H and O–H groups in total. The van der Waals surface area contributed by atoms with Gasteiger partial charge in [0.05, 0.1) is 5.56 Å². The molecule has 120 valence electrons. The largest absolute Gasteiger partial charge is 0.508 e. The first-order valence-electron chi connectivity index (χ1n) is 7.83. The average molecular weight is 318 g/mol. The molecule has 0 bridgehead atoms. The van der Waals surface area contributed by atoms with Crippen LogP contribution in [0.25, 0.3) is 11.1 Å². The Labute approximate surface area is 140 Å². The first-order valence-corrected chi connectivity index (χ1v) is 7.83. The Morgan fingerprint density at radius 2 is 1.33 bits per heavy atom. The van der Waals surface area contributed by atoms with Crippen LogP contribution in [0.2, 0.25) is 0 Å². The van der Waals surface area contributed by atoms with E-state index < -0.39 is 5.97 Å². The maximum absolute atomic E-state index is 11.2. The summed E-state index contributed by atoms with van der Waals surface area (Å²) in [6.45, 7) is 0. The molecule has 0 aliphatic heterocycles. The molecule has 0 aromatic heterocycles. The van der Waals surface area contributed by atoms with Crippen molar-refractivity contribution >= 4 is 5.97 Å². The number of carboxylic acids is 1. The molecule has 0 unspecified atom stereocenters. The molecule has 3 heteroatoms. The van der Waals surface area contributed by atoms with Gasteiger partial charge in [0.2, 0.25) is 0 Å². The second kappa shape index (κ2) is 7.01. The third-order valence-corrected chi connectivity index (χ3v) is 4.09. The van der Waals surface area contributed by atoms with E-state index in [2.05, 4.69) is 12.1 Å². The van der Waals surface area contributed by atoms with Gasteiger partial charge < -0.3 is 10.2 Å². The zero-order chi connectivity index (χ0) is 16.9. The molecule has 24 heavy (non-hydrogen) atoms. The second-order valence-electron chi connectivity index (χ2n) is 5.71. The molecule has 3 aromatic rings. The van der Waals surface area contributed by atoms with Gasteiger partial charge >= 0.3 is 5.97 Å². The first kappa shape index (κ1) is 15.8. The molecule has 0 spiro atoms. The SMILES string of the molecule is O=C(O)c1ccccc1CCc1ccc(-c2ccc(O)cc2)cc1. The van der Waals surface area contributed by atoms with Crippen LogP contribution in [0.15, 0.2) is 72.8 Å². The number of hydrogen-bond donors (Lipinski definition) is 2. The summed E-state index contributed by atoms with van der Waals surface area (Å²) in [5, 5.41) is 18.6. The van der Waals surface area contributed by atoms with Crippen LogP contribution in [0.4, 0.5) is 0 Å². The van der Waals surface area contributed by atoms with Gasteiger partial charge in [0.25, 0.3) is 0 Å². The predicted molar refractivity (Wildman–Crippen MR) is 94.4 cm³/mol. The molecule has 0 heterocycles. The normalized spacial score (nSPS) is 10.5. The minimum atomic E-state index is -0.881. The Bertz CT molecular complexity index is 834. The zero-order valence-electron chi connectivity index (χ0n) is 13.1. The molecule has 3 aromatic carbocycles. The minimum Gasteiger partial charge on any atom is -0.508 e. The summed E-state index contributed by atoms with van der Waals surface area (Å²) < 4.78 is 0. The summed E-state index contributed by atoms with van der Waals surface area (Å²) in [6, 6.07) is 22.5. The van der Waals surface area contributed by atoms with Gasteiger partial charge in [-0.1, -0.05) is 54.6 Å². The van der Waals surface area contributed by atoms with Gasteiger partial charge in [0.1, 0.15) is 5.75 Å². The molecule has 0 fully saturated rings. The van der Waals surface area contributed by atoms with E-state index in [1.54, 1.807) is 24.3 Å². The summed E-state index contributed by atoms with van der Waals surface area (Å²) in [7, 11) is 0. The van der Waals surface area contributed by atoms with Crippen molar-refractivity contribution < 1.29 is 15.0 Å². The molecule has 0 atom stereocenters.